The zero-order valence-electron chi connectivity index (χ0n) is 14.1. The Labute approximate surface area is 155 Å². The Morgan fingerprint density at radius 3 is 2.78 bits per heavy atom. The number of rotatable bonds is 4. The fourth-order valence-corrected chi connectivity index (χ4v) is 3.62. The van der Waals surface area contributed by atoms with Gasteiger partial charge in [0.15, 0.2) is 22.3 Å². The summed E-state index contributed by atoms with van der Waals surface area (Å²) in [6.07, 6.45) is 3.27. The van der Waals surface area contributed by atoms with E-state index in [9.17, 15) is 14.0 Å². The van der Waals surface area contributed by atoms with Crippen molar-refractivity contribution in [2.24, 2.45) is 0 Å². The number of aromatic nitrogens is 6. The van der Waals surface area contributed by atoms with Gasteiger partial charge in [0.05, 0.1) is 12.4 Å². The van der Waals surface area contributed by atoms with E-state index >= 15 is 0 Å². The lowest BCUT2D eigenvalue weighted by atomic mass is 10.1. The van der Waals surface area contributed by atoms with Crippen LogP contribution in [0.15, 0.2) is 57.6 Å². The Kier molecular flexibility index (Phi) is 4.32. The van der Waals surface area contributed by atoms with Gasteiger partial charge in [-0.25, -0.2) is 13.9 Å². The summed E-state index contributed by atoms with van der Waals surface area (Å²) in [4.78, 5) is 30.6. The molecule has 0 fully saturated rings. The molecule has 4 aromatic rings. The number of aryl methyl sites for hydroxylation is 1. The highest BCUT2D eigenvalue weighted by molar-refractivity contribution is 7.98. The van der Waals surface area contributed by atoms with E-state index in [4.69, 9.17) is 0 Å². The molecule has 10 heteroatoms. The van der Waals surface area contributed by atoms with Crippen LogP contribution in [0.2, 0.25) is 0 Å². The van der Waals surface area contributed by atoms with E-state index in [1.807, 2.05) is 31.2 Å². The van der Waals surface area contributed by atoms with Gasteiger partial charge in [-0.15, -0.1) is 9.73 Å². The highest BCUT2D eigenvalue weighted by Gasteiger charge is 2.19. The van der Waals surface area contributed by atoms with Crippen molar-refractivity contribution in [1.29, 1.82) is 0 Å². The summed E-state index contributed by atoms with van der Waals surface area (Å²) in [6, 6.07) is 7.85. The van der Waals surface area contributed by atoms with Crippen LogP contribution in [0.3, 0.4) is 0 Å². The van der Waals surface area contributed by atoms with E-state index in [0.717, 1.165) is 28.2 Å². The Balaban J connectivity index is 1.86. The second-order valence-corrected chi connectivity index (χ2v) is 6.68. The van der Waals surface area contributed by atoms with Gasteiger partial charge in [0.2, 0.25) is 0 Å². The number of H-pyrrole nitrogens is 1. The average Bonchev–Trinajstić information content (AvgIpc) is 3.03. The molecule has 0 atom stereocenters. The van der Waals surface area contributed by atoms with Gasteiger partial charge in [0, 0.05) is 11.9 Å². The fourth-order valence-electron chi connectivity index (χ4n) is 2.57. The summed E-state index contributed by atoms with van der Waals surface area (Å²) in [5.41, 5.74) is 0.817. The van der Waals surface area contributed by atoms with Crippen LogP contribution >= 0.6 is 11.8 Å². The summed E-state index contributed by atoms with van der Waals surface area (Å²) >= 11 is 1.29. The first kappa shape index (κ1) is 17.2. The molecule has 1 N–H and O–H groups in total. The maximum atomic E-state index is 14.0. The predicted molar refractivity (Wildman–Crippen MR) is 97.7 cm³/mol. The number of nitrogens with zero attached hydrogens (tertiary/aromatic N) is 5. The van der Waals surface area contributed by atoms with E-state index < -0.39 is 16.9 Å². The highest BCUT2D eigenvalue weighted by Crippen LogP contribution is 2.23. The lowest BCUT2D eigenvalue weighted by molar-refractivity contribution is 0.623. The third-order valence-electron chi connectivity index (χ3n) is 3.99. The van der Waals surface area contributed by atoms with Crippen molar-refractivity contribution in [3.05, 3.63) is 80.5 Å². The zero-order valence-corrected chi connectivity index (χ0v) is 14.9. The number of fused-ring (bicyclic) bond motifs is 1. The molecule has 0 saturated carbocycles. The third kappa shape index (κ3) is 3.14. The van der Waals surface area contributed by atoms with Crippen molar-refractivity contribution in [2.45, 2.75) is 17.8 Å². The largest absolute Gasteiger partial charge is 0.324 e. The SMILES string of the molecule is Cc1ccccc1CSc1nn2ncc(F)c2c(=O)n1-c1c[nH]c(=O)cn1. The van der Waals surface area contributed by atoms with Gasteiger partial charge >= 0.3 is 0 Å². The van der Waals surface area contributed by atoms with Crippen LogP contribution in [0, 0.1) is 12.7 Å². The molecule has 27 heavy (non-hydrogen) atoms. The van der Waals surface area contributed by atoms with Crippen molar-refractivity contribution in [3.8, 4) is 5.82 Å². The second-order valence-electron chi connectivity index (χ2n) is 5.74. The third-order valence-corrected chi connectivity index (χ3v) is 4.97. The minimum absolute atomic E-state index is 0.141. The van der Waals surface area contributed by atoms with Gasteiger partial charge in [-0.1, -0.05) is 36.0 Å². The van der Waals surface area contributed by atoms with Gasteiger partial charge in [0.1, 0.15) is 0 Å². The molecule has 4 rings (SSSR count). The number of nitrogens with one attached hydrogen (secondary N) is 1. The molecule has 0 bridgehead atoms. The minimum Gasteiger partial charge on any atom is -0.324 e. The summed E-state index contributed by atoms with van der Waals surface area (Å²) in [5, 5.41) is 8.32. The molecular weight excluding hydrogens is 371 g/mol. The molecule has 136 valence electrons. The van der Waals surface area contributed by atoms with E-state index in [2.05, 4.69) is 20.2 Å². The maximum Gasteiger partial charge on any atom is 0.289 e. The van der Waals surface area contributed by atoms with Crippen LogP contribution in [0.25, 0.3) is 11.3 Å². The van der Waals surface area contributed by atoms with Crippen LogP contribution in [0.5, 0.6) is 0 Å². The number of aromatic amines is 1. The van der Waals surface area contributed by atoms with E-state index in [0.29, 0.717) is 5.75 Å². The average molecular weight is 384 g/mol. The fraction of sp³-hybridized carbons (Fsp3) is 0.118. The molecule has 0 saturated heterocycles. The topological polar surface area (TPSA) is 97.9 Å². The van der Waals surface area contributed by atoms with Gasteiger partial charge in [-0.3, -0.25) is 9.59 Å². The molecule has 0 amide bonds. The maximum absolute atomic E-state index is 14.0. The van der Waals surface area contributed by atoms with Crippen LogP contribution in [0.1, 0.15) is 11.1 Å². The van der Waals surface area contributed by atoms with Crippen molar-refractivity contribution in [2.75, 3.05) is 0 Å². The van der Waals surface area contributed by atoms with Gasteiger partial charge in [0.25, 0.3) is 11.1 Å². The van der Waals surface area contributed by atoms with Crippen LogP contribution in [-0.4, -0.2) is 29.4 Å². The van der Waals surface area contributed by atoms with Gasteiger partial charge in [-0.2, -0.15) is 5.10 Å². The van der Waals surface area contributed by atoms with Gasteiger partial charge in [-0.05, 0) is 18.1 Å². The summed E-state index contributed by atoms with van der Waals surface area (Å²) in [6.45, 7) is 1.99. The lowest BCUT2D eigenvalue weighted by Crippen LogP contribution is -2.26. The minimum atomic E-state index is -0.777. The van der Waals surface area contributed by atoms with Gasteiger partial charge < -0.3 is 4.98 Å². The van der Waals surface area contributed by atoms with Crippen molar-refractivity contribution in [1.82, 2.24) is 29.4 Å². The number of benzene rings is 1. The number of hydrogen-bond donors (Lipinski definition) is 1. The molecule has 0 aliphatic carbocycles. The number of halogens is 1. The summed E-state index contributed by atoms with van der Waals surface area (Å²) in [7, 11) is 0. The lowest BCUT2D eigenvalue weighted by Gasteiger charge is -2.11. The first-order valence-corrected chi connectivity index (χ1v) is 8.92. The standard InChI is InChI=1S/C17H13FN6O2S/c1-10-4-2-3-5-11(10)9-27-17-22-24-15(12(18)6-21-24)16(26)23(17)13-7-20-14(25)8-19-13/h2-8H,9H2,1H3,(H,20,25). The van der Waals surface area contributed by atoms with E-state index in [-0.39, 0.29) is 16.5 Å². The normalized spacial score (nSPS) is 11.2. The van der Waals surface area contributed by atoms with Crippen LogP contribution < -0.4 is 11.1 Å². The molecule has 0 aliphatic rings. The Bertz CT molecular complexity index is 1240. The molecule has 3 aromatic heterocycles. The van der Waals surface area contributed by atoms with Crippen molar-refractivity contribution in [3.63, 3.8) is 0 Å². The molecule has 3 heterocycles. The van der Waals surface area contributed by atoms with Crippen molar-refractivity contribution < 1.29 is 4.39 Å². The molecule has 0 radical (unpaired) electrons. The number of hydrogen-bond acceptors (Lipinski definition) is 6. The van der Waals surface area contributed by atoms with E-state index in [1.165, 1.54) is 22.5 Å². The molecule has 8 nitrogen and oxygen atoms in total. The molecule has 0 spiro atoms. The molecule has 1 aromatic carbocycles. The highest BCUT2D eigenvalue weighted by atomic mass is 32.2. The summed E-state index contributed by atoms with van der Waals surface area (Å²) in [5.74, 6) is -0.0961. The smallest absolute Gasteiger partial charge is 0.289 e. The van der Waals surface area contributed by atoms with Crippen LogP contribution in [-0.2, 0) is 5.75 Å². The first-order chi connectivity index (χ1) is 13.0. The molecular formula is C17H13FN6O2S. The van der Waals surface area contributed by atoms with E-state index in [1.54, 1.807) is 0 Å². The molecule has 0 unspecified atom stereocenters. The Hall–Kier alpha value is -3.27. The quantitative estimate of drug-likeness (QED) is 0.538. The summed E-state index contributed by atoms with van der Waals surface area (Å²) < 4.78 is 16.1. The Morgan fingerprint density at radius 1 is 1.22 bits per heavy atom. The first-order valence-electron chi connectivity index (χ1n) is 7.93. The zero-order chi connectivity index (χ0) is 19.0. The van der Waals surface area contributed by atoms with Crippen molar-refractivity contribution >= 4 is 17.3 Å². The predicted octanol–water partition coefficient (Wildman–Crippen LogP) is 1.70. The number of thioether (sulfide) groups is 1. The molecule has 0 aliphatic heterocycles. The monoisotopic (exact) mass is 384 g/mol. The van der Waals surface area contributed by atoms with Crippen LogP contribution in [0.4, 0.5) is 4.39 Å². The second kappa shape index (κ2) is 6.80. The Morgan fingerprint density at radius 2 is 2.04 bits per heavy atom.